The van der Waals surface area contributed by atoms with Gasteiger partial charge in [0.05, 0.1) is 18.3 Å². The van der Waals surface area contributed by atoms with Crippen molar-refractivity contribution in [3.63, 3.8) is 0 Å². The van der Waals surface area contributed by atoms with Gasteiger partial charge in [-0.3, -0.25) is 4.79 Å². The molecule has 0 aromatic rings. The van der Waals surface area contributed by atoms with Crippen LogP contribution in [-0.4, -0.2) is 38.2 Å². The molecule has 0 radical (unpaired) electrons. The van der Waals surface area contributed by atoms with Gasteiger partial charge in [-0.1, -0.05) is 12.2 Å². The van der Waals surface area contributed by atoms with E-state index in [1.165, 1.54) is 14.2 Å². The molecule has 0 saturated heterocycles. The Hall–Kier alpha value is -1.62. The van der Waals surface area contributed by atoms with E-state index in [-0.39, 0.29) is 5.91 Å². The zero-order valence-electron chi connectivity index (χ0n) is 8.44. The molecule has 2 aliphatic heterocycles. The third-order valence-corrected chi connectivity index (χ3v) is 2.49. The van der Waals surface area contributed by atoms with Crippen LogP contribution in [0.15, 0.2) is 23.3 Å². The van der Waals surface area contributed by atoms with E-state index in [9.17, 15) is 9.59 Å². The van der Waals surface area contributed by atoms with Crippen LogP contribution in [0.5, 0.6) is 0 Å². The summed E-state index contributed by atoms with van der Waals surface area (Å²) in [6, 6.07) is 0. The van der Waals surface area contributed by atoms with Crippen molar-refractivity contribution in [2.45, 2.75) is 12.2 Å². The van der Waals surface area contributed by atoms with Gasteiger partial charge < -0.3 is 14.8 Å². The molecule has 0 aromatic heterocycles. The van der Waals surface area contributed by atoms with Crippen LogP contribution in [0.25, 0.3) is 0 Å². The van der Waals surface area contributed by atoms with Crippen LogP contribution in [0.2, 0.25) is 0 Å². The third-order valence-electron chi connectivity index (χ3n) is 2.49. The molecule has 0 spiro atoms. The maximum atomic E-state index is 11.5. The van der Waals surface area contributed by atoms with Crippen LogP contribution in [0.1, 0.15) is 0 Å². The predicted molar refractivity (Wildman–Crippen MR) is 50.9 cm³/mol. The largest absolute Gasteiger partial charge is 0.466 e. The summed E-state index contributed by atoms with van der Waals surface area (Å²) >= 11 is 0. The second-order valence-electron chi connectivity index (χ2n) is 3.26. The summed E-state index contributed by atoms with van der Waals surface area (Å²) in [5.74, 6) is -0.808. The van der Waals surface area contributed by atoms with Crippen molar-refractivity contribution in [2.75, 3.05) is 14.2 Å². The first-order valence-electron chi connectivity index (χ1n) is 4.57. The second kappa shape index (κ2) is 3.51. The van der Waals surface area contributed by atoms with Crippen LogP contribution in [0, 0.1) is 0 Å². The number of amides is 1. The lowest BCUT2D eigenvalue weighted by Crippen LogP contribution is -2.27. The summed E-state index contributed by atoms with van der Waals surface area (Å²) in [7, 11) is 2.80. The van der Waals surface area contributed by atoms with Crippen molar-refractivity contribution in [3.8, 4) is 0 Å². The quantitative estimate of drug-likeness (QED) is 0.493. The molecule has 0 saturated carbocycles. The molecule has 2 unspecified atom stereocenters. The van der Waals surface area contributed by atoms with Gasteiger partial charge in [-0.15, -0.1) is 0 Å². The molecule has 5 nitrogen and oxygen atoms in total. The molecule has 80 valence electrons. The first kappa shape index (κ1) is 9.92. The highest BCUT2D eigenvalue weighted by molar-refractivity contribution is 6.06. The van der Waals surface area contributed by atoms with Crippen LogP contribution in [-0.2, 0) is 19.1 Å². The zero-order valence-corrected chi connectivity index (χ0v) is 8.44. The number of ether oxygens (including phenoxy) is 2. The van der Waals surface area contributed by atoms with Crippen LogP contribution in [0.4, 0.5) is 0 Å². The minimum Gasteiger partial charge on any atom is -0.466 e. The second-order valence-corrected chi connectivity index (χ2v) is 3.26. The Bertz CT molecular complexity index is 349. The fourth-order valence-electron chi connectivity index (χ4n) is 1.81. The van der Waals surface area contributed by atoms with E-state index in [4.69, 9.17) is 4.74 Å². The molecule has 2 rings (SSSR count). The van der Waals surface area contributed by atoms with Gasteiger partial charge in [0, 0.05) is 7.05 Å². The molecule has 2 aliphatic rings. The fraction of sp³-hybridized carbons (Fsp3) is 0.400. The Morgan fingerprint density at radius 3 is 2.47 bits per heavy atom. The van der Waals surface area contributed by atoms with Gasteiger partial charge in [-0.25, -0.2) is 4.79 Å². The molecule has 0 aliphatic carbocycles. The molecule has 2 bridgehead atoms. The Kier molecular flexibility index (Phi) is 2.32. The molecule has 1 amide bonds. The number of methoxy groups -OCH3 is 1. The maximum Gasteiger partial charge on any atom is 0.337 e. The minimum absolute atomic E-state index is 0.299. The first-order chi connectivity index (χ1) is 7.19. The Labute approximate surface area is 86.7 Å². The number of hydrogen-bond donors (Lipinski definition) is 1. The topological polar surface area (TPSA) is 64.6 Å². The van der Waals surface area contributed by atoms with Crippen LogP contribution < -0.4 is 5.32 Å². The summed E-state index contributed by atoms with van der Waals surface area (Å²) in [6.07, 6.45) is 2.67. The van der Waals surface area contributed by atoms with Gasteiger partial charge in [0.15, 0.2) is 0 Å². The number of carbonyl (C=O) groups excluding carboxylic acids is 2. The molecule has 5 heteroatoms. The lowest BCUT2D eigenvalue weighted by molar-refractivity contribution is -0.137. The van der Waals surface area contributed by atoms with E-state index >= 15 is 0 Å². The van der Waals surface area contributed by atoms with Crippen molar-refractivity contribution in [1.82, 2.24) is 5.32 Å². The maximum absolute atomic E-state index is 11.5. The zero-order chi connectivity index (χ0) is 11.0. The molecule has 15 heavy (non-hydrogen) atoms. The van der Waals surface area contributed by atoms with Gasteiger partial charge in [-0.2, -0.15) is 0 Å². The molecular weight excluding hydrogens is 198 g/mol. The lowest BCUT2D eigenvalue weighted by Gasteiger charge is -2.09. The normalized spacial score (nSPS) is 27.1. The summed E-state index contributed by atoms with van der Waals surface area (Å²) in [4.78, 5) is 23.0. The van der Waals surface area contributed by atoms with Gasteiger partial charge >= 0.3 is 5.97 Å². The van der Waals surface area contributed by atoms with Crippen LogP contribution in [0.3, 0.4) is 0 Å². The highest BCUT2D eigenvalue weighted by Gasteiger charge is 2.42. The number of hydrogen-bond acceptors (Lipinski definition) is 4. The fourth-order valence-corrected chi connectivity index (χ4v) is 1.81. The summed E-state index contributed by atoms with van der Waals surface area (Å²) in [6.45, 7) is 0. The van der Waals surface area contributed by atoms with Crippen LogP contribution >= 0.6 is 0 Å². The standard InChI is InChI=1S/C10H11NO4/c1-11-9(12)7-5-3-4-6(15-5)8(7)10(13)14-2/h3-6H,1-2H3,(H,11,12). The molecule has 2 atom stereocenters. The van der Waals surface area contributed by atoms with E-state index in [1.807, 2.05) is 0 Å². The smallest absolute Gasteiger partial charge is 0.337 e. The first-order valence-corrected chi connectivity index (χ1v) is 4.57. The van der Waals surface area contributed by atoms with E-state index in [0.717, 1.165) is 0 Å². The summed E-state index contributed by atoms with van der Waals surface area (Å²) in [5.41, 5.74) is 0.668. The van der Waals surface area contributed by atoms with Gasteiger partial charge in [-0.05, 0) is 0 Å². The van der Waals surface area contributed by atoms with E-state index in [0.29, 0.717) is 11.1 Å². The average molecular weight is 209 g/mol. The molecule has 2 heterocycles. The highest BCUT2D eigenvalue weighted by Crippen LogP contribution is 2.34. The number of fused-ring (bicyclic) bond motifs is 2. The SMILES string of the molecule is CNC(=O)C1=C(C(=O)OC)C2C=CC1O2. The number of rotatable bonds is 2. The molecule has 1 N–H and O–H groups in total. The van der Waals surface area contributed by atoms with Crippen molar-refractivity contribution in [1.29, 1.82) is 0 Å². The Morgan fingerprint density at radius 1 is 1.33 bits per heavy atom. The van der Waals surface area contributed by atoms with Gasteiger partial charge in [0.1, 0.15) is 12.2 Å². The predicted octanol–water partition coefficient (Wildman–Crippen LogP) is -0.461. The summed E-state index contributed by atoms with van der Waals surface area (Å²) in [5, 5.41) is 2.48. The van der Waals surface area contributed by atoms with Gasteiger partial charge in [0.2, 0.25) is 0 Å². The van der Waals surface area contributed by atoms with Crippen molar-refractivity contribution in [2.24, 2.45) is 0 Å². The van der Waals surface area contributed by atoms with E-state index < -0.39 is 18.2 Å². The number of carbonyl (C=O) groups is 2. The van der Waals surface area contributed by atoms with E-state index in [2.05, 4.69) is 10.1 Å². The number of esters is 1. The van der Waals surface area contributed by atoms with Crippen molar-refractivity contribution < 1.29 is 19.1 Å². The lowest BCUT2D eigenvalue weighted by atomic mass is 9.96. The summed E-state index contributed by atoms with van der Waals surface area (Å²) < 4.78 is 10.0. The monoisotopic (exact) mass is 209 g/mol. The Balaban J connectivity index is 2.40. The molecule has 0 aromatic carbocycles. The third kappa shape index (κ3) is 1.35. The van der Waals surface area contributed by atoms with Gasteiger partial charge in [0.25, 0.3) is 5.91 Å². The van der Waals surface area contributed by atoms with Crippen molar-refractivity contribution >= 4 is 11.9 Å². The molecular formula is C10H11NO4. The highest BCUT2D eigenvalue weighted by atomic mass is 16.5. The minimum atomic E-state index is -0.509. The molecule has 0 fully saturated rings. The number of likely N-dealkylation sites (N-methyl/N-ethyl adjacent to an activating group) is 1. The van der Waals surface area contributed by atoms with E-state index in [1.54, 1.807) is 12.2 Å². The van der Waals surface area contributed by atoms with Crippen molar-refractivity contribution in [3.05, 3.63) is 23.3 Å². The Morgan fingerprint density at radius 2 is 1.93 bits per heavy atom. The number of nitrogens with one attached hydrogen (secondary N) is 1. The average Bonchev–Trinajstić information content (AvgIpc) is 2.86.